The minimum absolute atomic E-state index is 0.633. The molecule has 3 nitrogen and oxygen atoms in total. The molecule has 2 heterocycles. The molecule has 2 fully saturated rings. The van der Waals surface area contributed by atoms with Crippen LogP contribution >= 0.6 is 11.6 Å². The second-order valence-corrected chi connectivity index (χ2v) is 6.31. The van der Waals surface area contributed by atoms with Crippen LogP contribution in [0.15, 0.2) is 18.2 Å². The number of nitriles is 1. The zero-order chi connectivity index (χ0) is 14.1. The first-order chi connectivity index (χ1) is 9.72. The van der Waals surface area contributed by atoms with Crippen LogP contribution < -0.4 is 5.32 Å². The molecule has 3 atom stereocenters. The molecule has 2 aliphatic heterocycles. The summed E-state index contributed by atoms with van der Waals surface area (Å²) in [6, 6.07) is 8.42. The first-order valence-electron chi connectivity index (χ1n) is 7.36. The summed E-state index contributed by atoms with van der Waals surface area (Å²) in [6.45, 7) is 6.64. The lowest BCUT2D eigenvalue weighted by molar-refractivity contribution is 0.210. The highest BCUT2D eigenvalue weighted by Gasteiger charge is 2.42. The van der Waals surface area contributed by atoms with Gasteiger partial charge in [0.1, 0.15) is 0 Å². The summed E-state index contributed by atoms with van der Waals surface area (Å²) < 4.78 is 0. The fourth-order valence-corrected chi connectivity index (χ4v) is 4.06. The Kier molecular flexibility index (Phi) is 3.98. The maximum Gasteiger partial charge on any atom is 0.0992 e. The molecule has 0 saturated carbocycles. The van der Waals surface area contributed by atoms with E-state index in [1.807, 2.05) is 12.1 Å². The monoisotopic (exact) mass is 289 g/mol. The van der Waals surface area contributed by atoms with Gasteiger partial charge in [-0.25, -0.2) is 0 Å². The minimum Gasteiger partial charge on any atom is -0.316 e. The predicted octanol–water partition coefficient (Wildman–Crippen LogP) is 2.64. The van der Waals surface area contributed by atoms with Gasteiger partial charge in [0.15, 0.2) is 0 Å². The summed E-state index contributed by atoms with van der Waals surface area (Å²) in [4.78, 5) is 2.57. The van der Waals surface area contributed by atoms with E-state index in [0.29, 0.717) is 16.6 Å². The molecule has 0 amide bonds. The fraction of sp³-hybridized carbons (Fsp3) is 0.562. The molecule has 106 valence electrons. The van der Waals surface area contributed by atoms with Crippen molar-refractivity contribution < 1.29 is 0 Å². The third-order valence-electron chi connectivity index (χ3n) is 4.80. The summed E-state index contributed by atoms with van der Waals surface area (Å²) in [5, 5.41) is 13.1. The Hall–Kier alpha value is -1.08. The fourth-order valence-electron chi connectivity index (χ4n) is 3.82. The number of nitrogens with one attached hydrogen (secondary N) is 1. The highest BCUT2D eigenvalue weighted by molar-refractivity contribution is 6.31. The summed E-state index contributed by atoms with van der Waals surface area (Å²) in [7, 11) is 0. The van der Waals surface area contributed by atoms with Gasteiger partial charge in [0.2, 0.25) is 0 Å². The van der Waals surface area contributed by atoms with Gasteiger partial charge in [0, 0.05) is 24.2 Å². The van der Waals surface area contributed by atoms with Gasteiger partial charge in [-0.05, 0) is 49.0 Å². The van der Waals surface area contributed by atoms with E-state index in [4.69, 9.17) is 16.9 Å². The summed E-state index contributed by atoms with van der Waals surface area (Å²) in [5.74, 6) is 1.58. The quantitative estimate of drug-likeness (QED) is 0.930. The van der Waals surface area contributed by atoms with E-state index in [9.17, 15) is 0 Å². The molecular weight excluding hydrogens is 270 g/mol. The maximum atomic E-state index is 8.90. The number of rotatable bonds is 3. The van der Waals surface area contributed by atoms with Crippen LogP contribution in [0.25, 0.3) is 0 Å². The normalized spacial score (nSPS) is 29.4. The van der Waals surface area contributed by atoms with E-state index in [2.05, 4.69) is 23.2 Å². The molecule has 4 heteroatoms. The number of hydrogen-bond donors (Lipinski definition) is 1. The molecule has 0 aliphatic carbocycles. The lowest BCUT2D eigenvalue weighted by Crippen LogP contribution is -2.34. The van der Waals surface area contributed by atoms with E-state index in [1.165, 1.54) is 6.42 Å². The first kappa shape index (κ1) is 13.9. The van der Waals surface area contributed by atoms with Crippen molar-refractivity contribution in [1.82, 2.24) is 10.2 Å². The Bertz CT molecular complexity index is 537. The molecule has 0 radical (unpaired) electrons. The second kappa shape index (κ2) is 5.73. The molecule has 1 aromatic carbocycles. The van der Waals surface area contributed by atoms with Crippen molar-refractivity contribution in [1.29, 1.82) is 5.26 Å². The molecule has 0 bridgehead atoms. The minimum atomic E-state index is 0.633. The van der Waals surface area contributed by atoms with Crippen molar-refractivity contribution in [2.45, 2.75) is 25.9 Å². The summed E-state index contributed by atoms with van der Waals surface area (Å²) in [5.41, 5.74) is 1.77. The summed E-state index contributed by atoms with van der Waals surface area (Å²) >= 11 is 6.31. The number of likely N-dealkylation sites (tertiary alicyclic amines) is 1. The molecule has 1 aromatic rings. The summed E-state index contributed by atoms with van der Waals surface area (Å²) in [6.07, 6.45) is 1.19. The van der Waals surface area contributed by atoms with E-state index >= 15 is 0 Å². The molecule has 2 aliphatic rings. The average Bonchev–Trinajstić information content (AvgIpc) is 3.01. The molecule has 20 heavy (non-hydrogen) atoms. The standard InChI is InChI=1S/C16H20ClN3/c1-2-16-14-8-19-7-13(14)10-20(16)9-12-4-3-11(6-18)5-15(12)17/h3-5,13-14,16,19H,2,7-10H2,1H3. The Morgan fingerprint density at radius 1 is 1.45 bits per heavy atom. The molecule has 2 saturated heterocycles. The molecule has 0 spiro atoms. The Labute approximate surface area is 125 Å². The van der Waals surface area contributed by atoms with Gasteiger partial charge in [0.05, 0.1) is 11.6 Å². The van der Waals surface area contributed by atoms with Crippen LogP contribution in [-0.4, -0.2) is 30.6 Å². The third-order valence-corrected chi connectivity index (χ3v) is 5.15. The van der Waals surface area contributed by atoms with Gasteiger partial charge in [-0.3, -0.25) is 4.90 Å². The van der Waals surface area contributed by atoms with Crippen LogP contribution in [0, 0.1) is 23.2 Å². The van der Waals surface area contributed by atoms with Gasteiger partial charge < -0.3 is 5.32 Å². The first-order valence-corrected chi connectivity index (χ1v) is 7.74. The highest BCUT2D eigenvalue weighted by Crippen LogP contribution is 2.35. The predicted molar refractivity (Wildman–Crippen MR) is 80.5 cm³/mol. The van der Waals surface area contributed by atoms with Crippen LogP contribution in [0.2, 0.25) is 5.02 Å². The van der Waals surface area contributed by atoms with E-state index in [1.54, 1.807) is 6.07 Å². The molecule has 1 N–H and O–H groups in total. The van der Waals surface area contributed by atoms with Crippen molar-refractivity contribution in [3.05, 3.63) is 34.3 Å². The van der Waals surface area contributed by atoms with Crippen molar-refractivity contribution in [2.75, 3.05) is 19.6 Å². The molecule has 3 rings (SSSR count). The van der Waals surface area contributed by atoms with Crippen LogP contribution in [0.1, 0.15) is 24.5 Å². The lowest BCUT2D eigenvalue weighted by Gasteiger charge is -2.27. The molecule has 0 aromatic heterocycles. The van der Waals surface area contributed by atoms with Crippen LogP contribution in [0.5, 0.6) is 0 Å². The van der Waals surface area contributed by atoms with E-state index in [0.717, 1.165) is 43.6 Å². The van der Waals surface area contributed by atoms with Crippen molar-refractivity contribution in [3.63, 3.8) is 0 Å². The van der Waals surface area contributed by atoms with Gasteiger partial charge in [-0.2, -0.15) is 5.26 Å². The van der Waals surface area contributed by atoms with Crippen LogP contribution in [0.4, 0.5) is 0 Å². The zero-order valence-electron chi connectivity index (χ0n) is 11.8. The van der Waals surface area contributed by atoms with E-state index in [-0.39, 0.29) is 0 Å². The second-order valence-electron chi connectivity index (χ2n) is 5.91. The SMILES string of the molecule is CCC1C2CNCC2CN1Cc1ccc(C#N)cc1Cl. The number of hydrogen-bond acceptors (Lipinski definition) is 3. The zero-order valence-corrected chi connectivity index (χ0v) is 12.5. The van der Waals surface area contributed by atoms with Gasteiger partial charge in [-0.1, -0.05) is 24.6 Å². The average molecular weight is 290 g/mol. The van der Waals surface area contributed by atoms with Gasteiger partial charge in [-0.15, -0.1) is 0 Å². The Morgan fingerprint density at radius 3 is 3.00 bits per heavy atom. The highest BCUT2D eigenvalue weighted by atomic mass is 35.5. The number of nitrogens with zero attached hydrogens (tertiary/aromatic N) is 2. The van der Waals surface area contributed by atoms with Gasteiger partial charge >= 0.3 is 0 Å². The van der Waals surface area contributed by atoms with Crippen molar-refractivity contribution in [2.24, 2.45) is 11.8 Å². The van der Waals surface area contributed by atoms with Crippen LogP contribution in [0.3, 0.4) is 0 Å². The Morgan fingerprint density at radius 2 is 2.30 bits per heavy atom. The van der Waals surface area contributed by atoms with Crippen LogP contribution in [-0.2, 0) is 6.54 Å². The van der Waals surface area contributed by atoms with Gasteiger partial charge in [0.25, 0.3) is 0 Å². The topological polar surface area (TPSA) is 39.1 Å². The van der Waals surface area contributed by atoms with Crippen molar-refractivity contribution >= 4 is 11.6 Å². The number of benzene rings is 1. The Balaban J connectivity index is 1.76. The van der Waals surface area contributed by atoms with E-state index < -0.39 is 0 Å². The lowest BCUT2D eigenvalue weighted by atomic mass is 9.93. The number of fused-ring (bicyclic) bond motifs is 1. The largest absolute Gasteiger partial charge is 0.316 e. The molecular formula is C16H20ClN3. The number of halogens is 1. The smallest absolute Gasteiger partial charge is 0.0992 e. The third kappa shape index (κ3) is 2.44. The maximum absolute atomic E-state index is 8.90. The molecule has 3 unspecified atom stereocenters. The van der Waals surface area contributed by atoms with Crippen molar-refractivity contribution in [3.8, 4) is 6.07 Å².